The summed E-state index contributed by atoms with van der Waals surface area (Å²) in [6, 6.07) is 4.15. The quantitative estimate of drug-likeness (QED) is 0.352. The Kier molecular flexibility index (Phi) is 12.4. The van der Waals surface area contributed by atoms with Gasteiger partial charge in [-0.3, -0.25) is 9.59 Å². The number of amides is 3. The molecule has 36 heavy (non-hydrogen) atoms. The fourth-order valence-corrected chi connectivity index (χ4v) is 4.21. The standard InChI is InChI=1S/C29H49N3O4/c1-11-13-14-30-26(33)25(23-17-20(5)16-21(6)18-23)32(22(7)12-2)27(34)24(15-19(3)4)31-28(35)36-29(8,9)10/h16-19,22,24-25H,11-15H2,1-10H3,(H,30,33)(H,31,35). The Bertz CT molecular complexity index is 856. The van der Waals surface area contributed by atoms with Crippen molar-refractivity contribution >= 4 is 17.9 Å². The highest BCUT2D eigenvalue weighted by Crippen LogP contribution is 2.28. The van der Waals surface area contributed by atoms with Gasteiger partial charge in [0.15, 0.2) is 0 Å². The Morgan fingerprint density at radius 2 is 1.58 bits per heavy atom. The van der Waals surface area contributed by atoms with Gasteiger partial charge in [-0.15, -0.1) is 0 Å². The lowest BCUT2D eigenvalue weighted by atomic mass is 9.95. The molecule has 2 N–H and O–H groups in total. The van der Waals surface area contributed by atoms with E-state index in [0.29, 0.717) is 19.4 Å². The summed E-state index contributed by atoms with van der Waals surface area (Å²) in [7, 11) is 0. The van der Waals surface area contributed by atoms with E-state index in [2.05, 4.69) is 23.6 Å². The van der Waals surface area contributed by atoms with E-state index in [4.69, 9.17) is 4.74 Å². The van der Waals surface area contributed by atoms with E-state index in [-0.39, 0.29) is 23.8 Å². The molecule has 0 fully saturated rings. The van der Waals surface area contributed by atoms with Crippen LogP contribution in [0.2, 0.25) is 0 Å². The second kappa shape index (κ2) is 14.2. The lowest BCUT2D eigenvalue weighted by Gasteiger charge is -2.38. The Morgan fingerprint density at radius 1 is 1.00 bits per heavy atom. The first kappa shape index (κ1) is 31.5. The number of nitrogens with zero attached hydrogens (tertiary/aromatic N) is 1. The van der Waals surface area contributed by atoms with Crippen LogP contribution in [0.5, 0.6) is 0 Å². The second-order valence-corrected chi connectivity index (χ2v) is 11.3. The molecule has 1 aromatic carbocycles. The summed E-state index contributed by atoms with van der Waals surface area (Å²) in [5.41, 5.74) is 2.14. The molecule has 0 bridgehead atoms. The highest BCUT2D eigenvalue weighted by Gasteiger charge is 2.38. The normalized spacial score (nSPS) is 14.1. The Balaban J connectivity index is 3.55. The highest BCUT2D eigenvalue weighted by molar-refractivity contribution is 5.92. The Labute approximate surface area is 218 Å². The van der Waals surface area contributed by atoms with E-state index >= 15 is 0 Å². The molecule has 3 amide bonds. The molecule has 0 radical (unpaired) electrons. The van der Waals surface area contributed by atoms with Gasteiger partial charge in [0.2, 0.25) is 11.8 Å². The van der Waals surface area contributed by atoms with Crippen LogP contribution < -0.4 is 10.6 Å². The summed E-state index contributed by atoms with van der Waals surface area (Å²) in [6.45, 7) is 19.9. The van der Waals surface area contributed by atoms with Crippen molar-refractivity contribution in [3.63, 3.8) is 0 Å². The van der Waals surface area contributed by atoms with Gasteiger partial charge in [-0.05, 0) is 72.3 Å². The minimum Gasteiger partial charge on any atom is -0.444 e. The van der Waals surface area contributed by atoms with Crippen molar-refractivity contribution in [2.75, 3.05) is 6.54 Å². The van der Waals surface area contributed by atoms with Crippen LogP contribution in [0.3, 0.4) is 0 Å². The van der Waals surface area contributed by atoms with Crippen molar-refractivity contribution < 1.29 is 19.1 Å². The number of unbranched alkanes of at least 4 members (excludes halogenated alkanes) is 1. The first-order valence-electron chi connectivity index (χ1n) is 13.4. The van der Waals surface area contributed by atoms with Crippen molar-refractivity contribution in [2.24, 2.45) is 5.92 Å². The van der Waals surface area contributed by atoms with Gasteiger partial charge in [0.05, 0.1) is 0 Å². The zero-order valence-electron chi connectivity index (χ0n) is 24.2. The molecule has 0 saturated carbocycles. The molecule has 7 heteroatoms. The maximum atomic E-state index is 14.2. The number of hydrogen-bond acceptors (Lipinski definition) is 4. The molecule has 7 nitrogen and oxygen atoms in total. The molecule has 0 aromatic heterocycles. The number of alkyl carbamates (subject to hydrolysis) is 1. The van der Waals surface area contributed by atoms with Gasteiger partial charge in [0, 0.05) is 12.6 Å². The van der Waals surface area contributed by atoms with Crippen molar-refractivity contribution in [1.82, 2.24) is 15.5 Å². The third kappa shape index (κ3) is 10.2. The summed E-state index contributed by atoms with van der Waals surface area (Å²) < 4.78 is 5.46. The van der Waals surface area contributed by atoms with Crippen LogP contribution in [0.25, 0.3) is 0 Å². The van der Waals surface area contributed by atoms with Crippen LogP contribution in [-0.2, 0) is 14.3 Å². The number of hydrogen-bond donors (Lipinski definition) is 2. The third-order valence-electron chi connectivity index (χ3n) is 5.93. The molecular weight excluding hydrogens is 454 g/mol. The summed E-state index contributed by atoms with van der Waals surface area (Å²) in [5, 5.41) is 5.84. The Morgan fingerprint density at radius 3 is 2.06 bits per heavy atom. The van der Waals surface area contributed by atoms with Gasteiger partial charge in [-0.2, -0.15) is 0 Å². The number of ether oxygens (including phenoxy) is 1. The van der Waals surface area contributed by atoms with Crippen LogP contribution in [0.1, 0.15) is 104 Å². The molecule has 0 spiro atoms. The van der Waals surface area contributed by atoms with E-state index in [1.807, 2.05) is 53.7 Å². The maximum absolute atomic E-state index is 14.2. The number of carbonyl (C=O) groups is 3. The molecule has 0 heterocycles. The van der Waals surface area contributed by atoms with E-state index in [0.717, 1.165) is 29.5 Å². The van der Waals surface area contributed by atoms with Crippen LogP contribution in [0.4, 0.5) is 4.79 Å². The molecule has 0 saturated heterocycles. The van der Waals surface area contributed by atoms with Gasteiger partial charge in [0.1, 0.15) is 17.7 Å². The van der Waals surface area contributed by atoms with Crippen LogP contribution >= 0.6 is 0 Å². The average Bonchev–Trinajstić information content (AvgIpc) is 2.73. The second-order valence-electron chi connectivity index (χ2n) is 11.3. The van der Waals surface area contributed by atoms with Crippen molar-refractivity contribution in [3.05, 3.63) is 34.9 Å². The van der Waals surface area contributed by atoms with Gasteiger partial charge in [0.25, 0.3) is 0 Å². The summed E-state index contributed by atoms with van der Waals surface area (Å²) in [4.78, 5) is 42.2. The first-order valence-corrected chi connectivity index (χ1v) is 13.4. The van der Waals surface area contributed by atoms with Gasteiger partial charge < -0.3 is 20.3 Å². The monoisotopic (exact) mass is 503 g/mol. The van der Waals surface area contributed by atoms with E-state index in [1.165, 1.54) is 0 Å². The summed E-state index contributed by atoms with van der Waals surface area (Å²) >= 11 is 0. The molecular formula is C29H49N3O4. The number of nitrogens with one attached hydrogen (secondary N) is 2. The number of rotatable bonds is 12. The molecule has 204 valence electrons. The predicted molar refractivity (Wildman–Crippen MR) is 146 cm³/mol. The lowest BCUT2D eigenvalue weighted by Crippen LogP contribution is -2.55. The largest absolute Gasteiger partial charge is 0.444 e. The van der Waals surface area contributed by atoms with Gasteiger partial charge in [-0.1, -0.05) is 63.4 Å². The fraction of sp³-hybridized carbons (Fsp3) is 0.690. The highest BCUT2D eigenvalue weighted by atomic mass is 16.6. The van der Waals surface area contributed by atoms with E-state index < -0.39 is 23.8 Å². The minimum atomic E-state index is -0.814. The molecule has 0 aliphatic rings. The molecule has 1 rings (SSSR count). The maximum Gasteiger partial charge on any atom is 0.408 e. The van der Waals surface area contributed by atoms with Crippen molar-refractivity contribution in [3.8, 4) is 0 Å². The smallest absolute Gasteiger partial charge is 0.408 e. The van der Waals surface area contributed by atoms with E-state index in [9.17, 15) is 14.4 Å². The average molecular weight is 504 g/mol. The summed E-state index contributed by atoms with van der Waals surface area (Å²) in [6.07, 6.45) is 2.27. The van der Waals surface area contributed by atoms with Crippen molar-refractivity contribution in [1.29, 1.82) is 0 Å². The molecule has 0 aliphatic heterocycles. The van der Waals surface area contributed by atoms with Crippen LogP contribution in [0, 0.1) is 19.8 Å². The third-order valence-corrected chi connectivity index (χ3v) is 5.93. The number of carbonyl (C=O) groups excluding carboxylic acids is 3. The SMILES string of the molecule is CCCCNC(=O)C(c1cc(C)cc(C)c1)N(C(=O)C(CC(C)C)NC(=O)OC(C)(C)C)C(C)CC. The molecule has 1 aromatic rings. The topological polar surface area (TPSA) is 87.7 Å². The van der Waals surface area contributed by atoms with Crippen molar-refractivity contribution in [2.45, 2.75) is 119 Å². The molecule has 3 unspecified atom stereocenters. The minimum absolute atomic E-state index is 0.144. The van der Waals surface area contributed by atoms with Crippen LogP contribution in [0.15, 0.2) is 18.2 Å². The number of aryl methyl sites for hydroxylation is 2. The Hall–Kier alpha value is -2.57. The lowest BCUT2D eigenvalue weighted by molar-refractivity contribution is -0.145. The fourth-order valence-electron chi connectivity index (χ4n) is 4.21. The van der Waals surface area contributed by atoms with E-state index in [1.54, 1.807) is 25.7 Å². The zero-order valence-corrected chi connectivity index (χ0v) is 24.2. The van der Waals surface area contributed by atoms with Gasteiger partial charge >= 0.3 is 6.09 Å². The predicted octanol–water partition coefficient (Wildman–Crippen LogP) is 5.83. The first-order chi connectivity index (χ1) is 16.7. The summed E-state index contributed by atoms with van der Waals surface area (Å²) in [5.74, 6) is -0.341. The molecule has 0 aliphatic carbocycles. The molecule has 3 atom stereocenters. The van der Waals surface area contributed by atoms with Gasteiger partial charge in [-0.25, -0.2) is 4.79 Å². The zero-order chi connectivity index (χ0) is 27.6. The van der Waals surface area contributed by atoms with Crippen LogP contribution in [-0.4, -0.2) is 47.0 Å². The number of benzene rings is 1.